The van der Waals surface area contributed by atoms with Crippen molar-refractivity contribution >= 4 is 10.1 Å². The van der Waals surface area contributed by atoms with Crippen LogP contribution < -0.4 is 0 Å². The van der Waals surface area contributed by atoms with E-state index >= 15 is 0 Å². The Morgan fingerprint density at radius 1 is 0.826 bits per heavy atom. The summed E-state index contributed by atoms with van der Waals surface area (Å²) in [6, 6.07) is 0. The van der Waals surface area contributed by atoms with Crippen LogP contribution in [0.15, 0.2) is 12.2 Å². The Morgan fingerprint density at radius 2 is 1.30 bits per heavy atom. The van der Waals surface area contributed by atoms with Crippen molar-refractivity contribution in [1.82, 2.24) is 0 Å². The normalized spacial score (nSPS) is 14.2. The fraction of sp³-hybridized carbons (Fsp3) is 0.895. The molecule has 0 bridgehead atoms. The second kappa shape index (κ2) is 16.5. The first kappa shape index (κ1) is 19.0. The molecule has 4 heteroatoms. The van der Waals surface area contributed by atoms with Crippen LogP contribution in [0.5, 0.6) is 0 Å². The zero-order chi connectivity index (χ0) is 19.0. The number of hydrogen-bond acceptors (Lipinski definition) is 3. The van der Waals surface area contributed by atoms with Gasteiger partial charge < -0.3 is 0 Å². The second-order valence-corrected chi connectivity index (χ2v) is 7.84. The maximum atomic E-state index is 10.9. The fourth-order valence-electron chi connectivity index (χ4n) is 2.36. The van der Waals surface area contributed by atoms with Crippen molar-refractivity contribution in [1.29, 1.82) is 0 Å². The monoisotopic (exact) mass is 348 g/mol. The maximum Gasteiger partial charge on any atom is 0.264 e. The summed E-state index contributed by atoms with van der Waals surface area (Å²) in [5, 5.41) is 0. The lowest BCUT2D eigenvalue weighted by atomic mass is 10.1. The molecular weight excluding hydrogens is 308 g/mol. The van der Waals surface area contributed by atoms with Gasteiger partial charge >= 0.3 is 0 Å². The first-order valence-electron chi connectivity index (χ1n) is 10.3. The van der Waals surface area contributed by atoms with Gasteiger partial charge in [-0.1, -0.05) is 76.9 Å². The van der Waals surface area contributed by atoms with Crippen molar-refractivity contribution < 1.29 is 15.3 Å². The summed E-state index contributed by atoms with van der Waals surface area (Å²) in [5.74, 6) is 0. The predicted molar refractivity (Wildman–Crippen MR) is 100 cm³/mol. The third-order valence-corrected chi connectivity index (χ3v) is 4.29. The molecular formula is C19H38O3S. The largest absolute Gasteiger partial charge is 0.270 e. The standard InChI is InChI=1S/C19H38O3S/c1-3-4-5-6-7-8-9-10-11-12-13-14-15-16-17-18-19-22-23(2,20)21/h10-11H,3-9,12-19H2,1-2H3/b11-10-/i18D2. The summed E-state index contributed by atoms with van der Waals surface area (Å²) in [6.07, 6.45) is 18.6. The van der Waals surface area contributed by atoms with Gasteiger partial charge in [0.25, 0.3) is 10.1 Å². The summed E-state index contributed by atoms with van der Waals surface area (Å²) < 4.78 is 41.8. The minimum absolute atomic E-state index is 0.344. The first-order valence-corrected chi connectivity index (χ1v) is 11.1. The molecule has 0 atom stereocenters. The van der Waals surface area contributed by atoms with E-state index in [-0.39, 0.29) is 6.61 Å². The Labute approximate surface area is 147 Å². The van der Waals surface area contributed by atoms with E-state index < -0.39 is 16.5 Å². The highest BCUT2D eigenvalue weighted by atomic mass is 32.2. The molecule has 0 spiro atoms. The molecule has 0 radical (unpaired) electrons. The van der Waals surface area contributed by atoms with Crippen LogP contribution in [0, 0.1) is 0 Å². The Morgan fingerprint density at radius 3 is 1.83 bits per heavy atom. The molecule has 0 aliphatic carbocycles. The van der Waals surface area contributed by atoms with Crippen molar-refractivity contribution in [3.8, 4) is 0 Å². The SMILES string of the molecule is [2H]C([2H])(CCCCCC/C=C\CCCCCCCC)COS(C)(=O)=O. The number of allylic oxidation sites excluding steroid dienone is 2. The van der Waals surface area contributed by atoms with Crippen LogP contribution in [0.4, 0.5) is 0 Å². The number of unbranched alkanes of at least 4 members (excludes halogenated alkanes) is 10. The van der Waals surface area contributed by atoms with Crippen LogP contribution in [-0.4, -0.2) is 21.3 Å². The molecule has 138 valence electrons. The molecule has 0 rings (SSSR count). The van der Waals surface area contributed by atoms with Gasteiger partial charge in [0, 0.05) is 2.74 Å². The highest BCUT2D eigenvalue weighted by Gasteiger charge is 2.00. The lowest BCUT2D eigenvalue weighted by Gasteiger charge is -2.02. The van der Waals surface area contributed by atoms with Gasteiger partial charge in [-0.25, -0.2) is 0 Å². The van der Waals surface area contributed by atoms with Gasteiger partial charge in [0.1, 0.15) is 0 Å². The third kappa shape index (κ3) is 21.6. The van der Waals surface area contributed by atoms with Gasteiger partial charge in [-0.3, -0.25) is 4.18 Å². The molecule has 0 aromatic carbocycles. The van der Waals surface area contributed by atoms with Crippen LogP contribution in [0.1, 0.15) is 99.5 Å². The van der Waals surface area contributed by atoms with E-state index in [1.807, 2.05) is 0 Å². The molecule has 0 aliphatic heterocycles. The molecule has 0 N–H and O–H groups in total. The van der Waals surface area contributed by atoms with Crippen molar-refractivity contribution in [2.24, 2.45) is 0 Å². The van der Waals surface area contributed by atoms with Gasteiger partial charge in [-0.05, 0) is 32.1 Å². The Balaban J connectivity index is 3.44. The molecule has 0 amide bonds. The first-order chi connectivity index (χ1) is 11.8. The molecule has 23 heavy (non-hydrogen) atoms. The van der Waals surface area contributed by atoms with E-state index in [1.54, 1.807) is 0 Å². The van der Waals surface area contributed by atoms with Crippen LogP contribution >= 0.6 is 0 Å². The molecule has 3 nitrogen and oxygen atoms in total. The zero-order valence-electron chi connectivity index (χ0n) is 17.2. The van der Waals surface area contributed by atoms with Crippen molar-refractivity contribution in [2.75, 3.05) is 12.9 Å². The van der Waals surface area contributed by atoms with Gasteiger partial charge in [0.2, 0.25) is 0 Å². The number of rotatable bonds is 17. The van der Waals surface area contributed by atoms with E-state index in [0.29, 0.717) is 6.42 Å². The molecule has 0 aromatic heterocycles. The minimum Gasteiger partial charge on any atom is -0.270 e. The quantitative estimate of drug-likeness (QED) is 0.184. The highest BCUT2D eigenvalue weighted by Crippen LogP contribution is 2.10. The molecule has 0 aliphatic rings. The zero-order valence-corrected chi connectivity index (χ0v) is 16.0. The lowest BCUT2D eigenvalue weighted by molar-refractivity contribution is 0.309. The predicted octanol–water partition coefficient (Wildman–Crippen LogP) is 6.00. The van der Waals surface area contributed by atoms with E-state index in [4.69, 9.17) is 2.74 Å². The topological polar surface area (TPSA) is 43.4 Å². The Kier molecular flexibility index (Phi) is 13.6. The summed E-state index contributed by atoms with van der Waals surface area (Å²) >= 11 is 0. The van der Waals surface area contributed by atoms with Gasteiger partial charge in [0.05, 0.1) is 12.9 Å². The van der Waals surface area contributed by atoms with E-state index in [2.05, 4.69) is 23.3 Å². The summed E-state index contributed by atoms with van der Waals surface area (Å²) in [4.78, 5) is 0. The second-order valence-electron chi connectivity index (χ2n) is 6.20. The highest BCUT2D eigenvalue weighted by molar-refractivity contribution is 7.85. The van der Waals surface area contributed by atoms with E-state index in [9.17, 15) is 8.42 Å². The molecule has 0 aromatic rings. The van der Waals surface area contributed by atoms with Crippen molar-refractivity contribution in [3.05, 3.63) is 12.2 Å². The summed E-state index contributed by atoms with van der Waals surface area (Å²) in [7, 11) is -3.56. The van der Waals surface area contributed by atoms with Crippen LogP contribution in [-0.2, 0) is 14.3 Å². The molecule has 0 unspecified atom stereocenters. The van der Waals surface area contributed by atoms with E-state index in [1.165, 1.54) is 44.9 Å². The Hall–Kier alpha value is -0.350. The molecule has 0 saturated heterocycles. The smallest absolute Gasteiger partial charge is 0.264 e. The van der Waals surface area contributed by atoms with Crippen LogP contribution in [0.2, 0.25) is 0 Å². The van der Waals surface area contributed by atoms with Crippen LogP contribution in [0.25, 0.3) is 0 Å². The van der Waals surface area contributed by atoms with Gasteiger partial charge in [-0.2, -0.15) is 8.42 Å². The summed E-state index contributed by atoms with van der Waals surface area (Å²) in [5.41, 5.74) is 0. The van der Waals surface area contributed by atoms with E-state index in [0.717, 1.165) is 38.4 Å². The molecule has 0 saturated carbocycles. The fourth-order valence-corrected chi connectivity index (χ4v) is 2.66. The average Bonchev–Trinajstić information content (AvgIpc) is 2.53. The van der Waals surface area contributed by atoms with Crippen molar-refractivity contribution in [2.45, 2.75) is 96.8 Å². The lowest BCUT2D eigenvalue weighted by Crippen LogP contribution is -2.03. The maximum absolute atomic E-state index is 10.9. The Bertz CT molecular complexity index is 434. The number of hydrogen-bond donors (Lipinski definition) is 0. The van der Waals surface area contributed by atoms with Gasteiger partial charge in [0.15, 0.2) is 0 Å². The molecule has 0 fully saturated rings. The van der Waals surface area contributed by atoms with Crippen LogP contribution in [0.3, 0.4) is 0 Å². The summed E-state index contributed by atoms with van der Waals surface area (Å²) in [6.45, 7) is 1.86. The minimum atomic E-state index is -3.56. The molecule has 0 heterocycles. The average molecular weight is 349 g/mol. The van der Waals surface area contributed by atoms with Crippen molar-refractivity contribution in [3.63, 3.8) is 0 Å². The third-order valence-electron chi connectivity index (χ3n) is 3.74. The van der Waals surface area contributed by atoms with Gasteiger partial charge in [-0.15, -0.1) is 0 Å².